The molecule has 0 aromatic heterocycles. The Hall–Kier alpha value is -1.26. The first-order valence-corrected chi connectivity index (χ1v) is 6.81. The van der Waals surface area contributed by atoms with Crippen LogP contribution in [-0.2, 0) is 4.79 Å². The Morgan fingerprint density at radius 2 is 2.11 bits per heavy atom. The standard InChI is InChI=1S/C13H22N2O3/c1-2-9-6-10(9)15-12(18)14-8-13(4-3-5-13)7-11(16)17/h9-10H,2-8H2,1H3,(H,16,17)(H2,14,15,18). The van der Waals surface area contributed by atoms with Crippen molar-refractivity contribution in [1.29, 1.82) is 0 Å². The third kappa shape index (κ3) is 3.15. The molecule has 0 aromatic carbocycles. The number of rotatable bonds is 6. The Morgan fingerprint density at radius 1 is 1.39 bits per heavy atom. The summed E-state index contributed by atoms with van der Waals surface area (Å²) >= 11 is 0. The van der Waals surface area contributed by atoms with E-state index < -0.39 is 5.97 Å². The van der Waals surface area contributed by atoms with Gasteiger partial charge in [-0.3, -0.25) is 4.79 Å². The Morgan fingerprint density at radius 3 is 2.56 bits per heavy atom. The van der Waals surface area contributed by atoms with Gasteiger partial charge in [0.05, 0.1) is 6.42 Å². The molecular weight excluding hydrogens is 232 g/mol. The first-order chi connectivity index (χ1) is 8.54. The van der Waals surface area contributed by atoms with Gasteiger partial charge < -0.3 is 15.7 Å². The van der Waals surface area contributed by atoms with Gasteiger partial charge in [0, 0.05) is 12.6 Å². The first kappa shape index (κ1) is 13.2. The van der Waals surface area contributed by atoms with Crippen molar-refractivity contribution in [3.05, 3.63) is 0 Å². The van der Waals surface area contributed by atoms with Crippen LogP contribution in [0.3, 0.4) is 0 Å². The minimum absolute atomic E-state index is 0.146. The van der Waals surface area contributed by atoms with E-state index in [0.717, 1.165) is 32.1 Å². The van der Waals surface area contributed by atoms with Gasteiger partial charge in [-0.2, -0.15) is 0 Å². The number of amides is 2. The molecule has 2 rings (SSSR count). The Kier molecular flexibility index (Phi) is 3.78. The van der Waals surface area contributed by atoms with Gasteiger partial charge in [-0.15, -0.1) is 0 Å². The fraction of sp³-hybridized carbons (Fsp3) is 0.846. The van der Waals surface area contributed by atoms with Crippen molar-refractivity contribution < 1.29 is 14.7 Å². The number of carboxylic acid groups (broad SMARTS) is 1. The second-order valence-corrected chi connectivity index (χ2v) is 5.76. The minimum atomic E-state index is -0.773. The second kappa shape index (κ2) is 5.16. The molecule has 5 heteroatoms. The summed E-state index contributed by atoms with van der Waals surface area (Å²) in [6, 6.07) is 0.180. The fourth-order valence-corrected chi connectivity index (χ4v) is 2.78. The van der Waals surface area contributed by atoms with Crippen LogP contribution in [0, 0.1) is 11.3 Å². The summed E-state index contributed by atoms with van der Waals surface area (Å²) in [5.74, 6) is -0.141. The highest BCUT2D eigenvalue weighted by Gasteiger charge is 2.40. The molecule has 0 radical (unpaired) electrons. The van der Waals surface area contributed by atoms with Crippen molar-refractivity contribution in [2.75, 3.05) is 6.54 Å². The van der Waals surface area contributed by atoms with E-state index in [4.69, 9.17) is 5.11 Å². The molecular formula is C13H22N2O3. The lowest BCUT2D eigenvalue weighted by atomic mass is 9.66. The maximum Gasteiger partial charge on any atom is 0.315 e. The summed E-state index contributed by atoms with van der Waals surface area (Å²) in [4.78, 5) is 22.5. The van der Waals surface area contributed by atoms with E-state index >= 15 is 0 Å². The summed E-state index contributed by atoms with van der Waals surface area (Å²) in [7, 11) is 0. The number of aliphatic carboxylic acids is 1. The van der Waals surface area contributed by atoms with Crippen molar-refractivity contribution >= 4 is 12.0 Å². The quantitative estimate of drug-likeness (QED) is 0.675. The van der Waals surface area contributed by atoms with Crippen LogP contribution in [-0.4, -0.2) is 29.7 Å². The Balaban J connectivity index is 1.70. The van der Waals surface area contributed by atoms with Gasteiger partial charge in [0.15, 0.2) is 0 Å². The summed E-state index contributed by atoms with van der Waals surface area (Å²) in [6.45, 7) is 2.61. The van der Waals surface area contributed by atoms with Crippen LogP contribution in [0.15, 0.2) is 0 Å². The molecule has 2 aliphatic carbocycles. The summed E-state index contributed by atoms with van der Waals surface area (Å²) in [5.41, 5.74) is -0.198. The zero-order valence-corrected chi connectivity index (χ0v) is 10.9. The molecule has 102 valence electrons. The summed E-state index contributed by atoms with van der Waals surface area (Å²) in [5, 5.41) is 14.6. The average Bonchev–Trinajstić information content (AvgIpc) is 3.00. The molecule has 5 nitrogen and oxygen atoms in total. The highest BCUT2D eigenvalue weighted by molar-refractivity contribution is 5.75. The number of nitrogens with one attached hydrogen (secondary N) is 2. The molecule has 18 heavy (non-hydrogen) atoms. The monoisotopic (exact) mass is 254 g/mol. The zero-order chi connectivity index (χ0) is 13.2. The highest BCUT2D eigenvalue weighted by atomic mass is 16.4. The number of hydrogen-bond donors (Lipinski definition) is 3. The van der Waals surface area contributed by atoms with E-state index in [9.17, 15) is 9.59 Å². The number of carbonyl (C=O) groups is 2. The number of hydrogen-bond acceptors (Lipinski definition) is 2. The van der Waals surface area contributed by atoms with Gasteiger partial charge in [0.2, 0.25) is 0 Å². The normalized spacial score (nSPS) is 28.1. The Labute approximate surface area is 107 Å². The number of urea groups is 1. The first-order valence-electron chi connectivity index (χ1n) is 6.81. The molecule has 3 N–H and O–H groups in total. The van der Waals surface area contributed by atoms with Crippen LogP contribution < -0.4 is 10.6 Å². The van der Waals surface area contributed by atoms with Crippen LogP contribution >= 0.6 is 0 Å². The van der Waals surface area contributed by atoms with E-state index in [1.807, 2.05) is 0 Å². The maximum absolute atomic E-state index is 11.7. The molecule has 0 heterocycles. The molecule has 2 fully saturated rings. The van der Waals surface area contributed by atoms with Crippen molar-refractivity contribution in [2.24, 2.45) is 11.3 Å². The SMILES string of the molecule is CCC1CC1NC(=O)NCC1(CC(=O)O)CCC1. The molecule has 0 bridgehead atoms. The molecule has 2 unspecified atom stereocenters. The van der Waals surface area contributed by atoms with Gasteiger partial charge in [0.25, 0.3) is 0 Å². The van der Waals surface area contributed by atoms with E-state index in [-0.39, 0.29) is 17.9 Å². The summed E-state index contributed by atoms with van der Waals surface area (Å²) in [6.07, 6.45) is 5.21. The lowest BCUT2D eigenvalue weighted by Gasteiger charge is -2.40. The molecule has 0 aliphatic heterocycles. The van der Waals surface area contributed by atoms with Gasteiger partial charge >= 0.3 is 12.0 Å². The zero-order valence-electron chi connectivity index (χ0n) is 10.9. The maximum atomic E-state index is 11.7. The minimum Gasteiger partial charge on any atom is -0.481 e. The predicted molar refractivity (Wildman–Crippen MR) is 67.3 cm³/mol. The Bertz CT molecular complexity index is 339. The van der Waals surface area contributed by atoms with E-state index in [1.165, 1.54) is 0 Å². The van der Waals surface area contributed by atoms with E-state index in [2.05, 4.69) is 17.6 Å². The van der Waals surface area contributed by atoms with Crippen LogP contribution in [0.5, 0.6) is 0 Å². The van der Waals surface area contributed by atoms with Crippen molar-refractivity contribution in [3.63, 3.8) is 0 Å². The van der Waals surface area contributed by atoms with Crippen LogP contribution in [0.4, 0.5) is 4.79 Å². The smallest absolute Gasteiger partial charge is 0.315 e. The van der Waals surface area contributed by atoms with Gasteiger partial charge in [-0.1, -0.05) is 19.8 Å². The molecule has 0 saturated heterocycles. The number of carbonyl (C=O) groups excluding carboxylic acids is 1. The van der Waals surface area contributed by atoms with Gasteiger partial charge in [0.1, 0.15) is 0 Å². The third-order valence-electron chi connectivity index (χ3n) is 4.33. The third-order valence-corrected chi connectivity index (χ3v) is 4.33. The predicted octanol–water partition coefficient (Wildman–Crippen LogP) is 1.73. The highest BCUT2D eigenvalue weighted by Crippen LogP contribution is 2.43. The molecule has 2 aliphatic rings. The van der Waals surface area contributed by atoms with Crippen LogP contribution in [0.25, 0.3) is 0 Å². The summed E-state index contributed by atoms with van der Waals surface area (Å²) < 4.78 is 0. The average molecular weight is 254 g/mol. The van der Waals surface area contributed by atoms with Crippen LogP contribution in [0.2, 0.25) is 0 Å². The second-order valence-electron chi connectivity index (χ2n) is 5.76. The molecule has 2 amide bonds. The van der Waals surface area contributed by atoms with Crippen molar-refractivity contribution in [2.45, 2.75) is 51.5 Å². The largest absolute Gasteiger partial charge is 0.481 e. The van der Waals surface area contributed by atoms with Gasteiger partial charge in [-0.25, -0.2) is 4.79 Å². The molecule has 0 aromatic rings. The lowest BCUT2D eigenvalue weighted by Crippen LogP contribution is -2.47. The lowest BCUT2D eigenvalue weighted by molar-refractivity contribution is -0.141. The topological polar surface area (TPSA) is 78.4 Å². The number of carboxylic acids is 1. The molecule has 2 atom stereocenters. The van der Waals surface area contributed by atoms with Gasteiger partial charge in [-0.05, 0) is 30.6 Å². The van der Waals surface area contributed by atoms with Crippen molar-refractivity contribution in [3.8, 4) is 0 Å². The van der Waals surface area contributed by atoms with E-state index in [1.54, 1.807) is 0 Å². The fourth-order valence-electron chi connectivity index (χ4n) is 2.78. The van der Waals surface area contributed by atoms with E-state index in [0.29, 0.717) is 18.5 Å². The van der Waals surface area contributed by atoms with Crippen molar-refractivity contribution in [1.82, 2.24) is 10.6 Å². The molecule has 0 spiro atoms. The van der Waals surface area contributed by atoms with Crippen LogP contribution in [0.1, 0.15) is 45.4 Å². The molecule has 2 saturated carbocycles.